The predicted molar refractivity (Wildman–Crippen MR) is 103 cm³/mol. The molecule has 1 aromatic heterocycles. The lowest BCUT2D eigenvalue weighted by Gasteiger charge is -2.32. The molecule has 2 amide bonds. The predicted octanol–water partition coefficient (Wildman–Crippen LogP) is 2.80. The van der Waals surface area contributed by atoms with Crippen LogP contribution < -0.4 is 10.2 Å². The van der Waals surface area contributed by atoms with Gasteiger partial charge in [-0.15, -0.1) is 0 Å². The van der Waals surface area contributed by atoms with Crippen LogP contribution in [0.2, 0.25) is 0 Å². The molecule has 0 aliphatic carbocycles. The number of fused-ring (bicyclic) bond motifs is 1. The first kappa shape index (κ1) is 19.7. The summed E-state index contributed by atoms with van der Waals surface area (Å²) in [5.41, 5.74) is 1.35. The number of piperidine rings is 1. The van der Waals surface area contributed by atoms with Gasteiger partial charge in [-0.25, -0.2) is 9.97 Å². The fourth-order valence-electron chi connectivity index (χ4n) is 3.12. The largest absolute Gasteiger partial charge is 0.481 e. The van der Waals surface area contributed by atoms with Crippen molar-refractivity contribution in [2.75, 3.05) is 18.0 Å². The number of rotatable bonds is 4. The number of amides is 2. The van der Waals surface area contributed by atoms with Crippen LogP contribution in [-0.4, -0.2) is 45.3 Å². The first-order valence-electron chi connectivity index (χ1n) is 8.52. The topological polar surface area (TPSA) is 112 Å². The molecule has 10 heteroatoms. The number of imide groups is 1. The van der Waals surface area contributed by atoms with Crippen LogP contribution in [0, 0.1) is 5.92 Å². The highest BCUT2D eigenvalue weighted by atomic mass is 32.2. The van der Waals surface area contributed by atoms with Crippen LogP contribution in [-0.2, 0) is 9.59 Å². The lowest BCUT2D eigenvalue weighted by Crippen LogP contribution is -2.39. The van der Waals surface area contributed by atoms with E-state index in [0.29, 0.717) is 36.4 Å². The van der Waals surface area contributed by atoms with E-state index in [1.807, 2.05) is 10.2 Å². The molecule has 1 atom stereocenters. The van der Waals surface area contributed by atoms with E-state index < -0.39 is 35.2 Å². The molecule has 2 heterocycles. The van der Waals surface area contributed by atoms with E-state index in [4.69, 9.17) is 0 Å². The summed E-state index contributed by atoms with van der Waals surface area (Å²) in [7, 11) is 0. The number of benzene rings is 1. The molecule has 28 heavy (non-hydrogen) atoms. The van der Waals surface area contributed by atoms with Crippen molar-refractivity contribution in [1.82, 2.24) is 15.3 Å². The van der Waals surface area contributed by atoms with Crippen LogP contribution in [0.1, 0.15) is 18.4 Å². The van der Waals surface area contributed by atoms with Gasteiger partial charge in [0.05, 0.1) is 11.4 Å². The standard InChI is InChI=1S/C18H17FN4O4S/c19-28-18(27)22-15(24)6-4-11-3-5-14-13(8-11)16(21-10-20-14)23-7-1-2-12(9-23)17(25)26/h3-6,8,10,12H,1-2,7,9H2,(H,25,26)(H,22,24,27)/b6-4+. The zero-order valence-electron chi connectivity index (χ0n) is 14.7. The average molecular weight is 404 g/mol. The number of carbonyl (C=O) groups is 3. The van der Waals surface area contributed by atoms with E-state index in [1.165, 1.54) is 12.4 Å². The lowest BCUT2D eigenvalue weighted by atomic mass is 9.98. The molecule has 1 fully saturated rings. The molecule has 8 nitrogen and oxygen atoms in total. The van der Waals surface area contributed by atoms with Gasteiger partial charge in [0.2, 0.25) is 0 Å². The Morgan fingerprint density at radius 3 is 2.89 bits per heavy atom. The SMILES string of the molecule is O=C(/C=C/c1ccc2ncnc(N3CCCC(C(=O)O)C3)c2c1)NC(=O)SF. The molecule has 2 N–H and O–H groups in total. The molecule has 0 saturated carbocycles. The lowest BCUT2D eigenvalue weighted by molar-refractivity contribution is -0.142. The van der Waals surface area contributed by atoms with Crippen molar-refractivity contribution in [3.8, 4) is 0 Å². The monoisotopic (exact) mass is 404 g/mol. The second kappa shape index (κ2) is 8.79. The number of nitrogens with one attached hydrogen (secondary N) is 1. The molecule has 1 unspecified atom stereocenters. The zero-order valence-corrected chi connectivity index (χ0v) is 15.5. The molecule has 1 saturated heterocycles. The number of hydrogen-bond donors (Lipinski definition) is 2. The highest BCUT2D eigenvalue weighted by Gasteiger charge is 2.27. The van der Waals surface area contributed by atoms with Gasteiger partial charge < -0.3 is 10.0 Å². The van der Waals surface area contributed by atoms with Crippen LogP contribution in [0.15, 0.2) is 30.6 Å². The Kier molecular flexibility index (Phi) is 6.19. The van der Waals surface area contributed by atoms with Gasteiger partial charge in [-0.2, -0.15) is 3.89 Å². The fraction of sp³-hybridized carbons (Fsp3) is 0.278. The molecule has 1 aliphatic rings. The summed E-state index contributed by atoms with van der Waals surface area (Å²) in [6.45, 7) is 1.06. The number of halogens is 1. The molecule has 0 bridgehead atoms. The van der Waals surface area contributed by atoms with Crippen molar-refractivity contribution < 1.29 is 23.4 Å². The normalized spacial score (nSPS) is 17.0. The maximum Gasteiger partial charge on any atom is 0.318 e. The van der Waals surface area contributed by atoms with Gasteiger partial charge in [-0.3, -0.25) is 19.7 Å². The van der Waals surface area contributed by atoms with Crippen LogP contribution in [0.4, 0.5) is 14.5 Å². The number of carboxylic acid groups (broad SMARTS) is 1. The molecule has 146 valence electrons. The quantitative estimate of drug-likeness (QED) is 0.748. The summed E-state index contributed by atoms with van der Waals surface area (Å²) in [6.07, 6.45) is 5.43. The van der Waals surface area contributed by atoms with E-state index in [-0.39, 0.29) is 0 Å². The third-order valence-corrected chi connectivity index (χ3v) is 4.67. The van der Waals surface area contributed by atoms with E-state index in [1.54, 1.807) is 18.2 Å². The van der Waals surface area contributed by atoms with Gasteiger partial charge >= 0.3 is 11.2 Å². The zero-order chi connectivity index (χ0) is 20.1. The summed E-state index contributed by atoms with van der Waals surface area (Å²) in [4.78, 5) is 44.3. The summed E-state index contributed by atoms with van der Waals surface area (Å²) in [6, 6.07) is 5.29. The smallest absolute Gasteiger partial charge is 0.318 e. The Balaban J connectivity index is 1.87. The van der Waals surface area contributed by atoms with Crippen LogP contribution in [0.5, 0.6) is 0 Å². The van der Waals surface area contributed by atoms with Crippen molar-refractivity contribution in [3.05, 3.63) is 36.2 Å². The fourth-order valence-corrected chi connectivity index (χ4v) is 3.26. The average Bonchev–Trinajstić information content (AvgIpc) is 2.71. The van der Waals surface area contributed by atoms with E-state index in [0.717, 1.165) is 17.9 Å². The molecule has 1 aromatic carbocycles. The molecule has 0 spiro atoms. The first-order chi connectivity index (χ1) is 13.5. The summed E-state index contributed by atoms with van der Waals surface area (Å²) in [5.74, 6) is -1.37. The van der Waals surface area contributed by atoms with Crippen molar-refractivity contribution in [2.45, 2.75) is 12.8 Å². The molecule has 0 radical (unpaired) electrons. The summed E-state index contributed by atoms with van der Waals surface area (Å²) in [5, 5.41) is 10.8. The Bertz CT molecular complexity index is 952. The second-order valence-corrected chi connectivity index (χ2v) is 6.81. The van der Waals surface area contributed by atoms with Gasteiger partial charge in [0, 0.05) is 24.6 Å². The van der Waals surface area contributed by atoms with Gasteiger partial charge in [0.25, 0.3) is 5.91 Å². The van der Waals surface area contributed by atoms with Crippen molar-refractivity contribution in [2.24, 2.45) is 5.92 Å². The Morgan fingerprint density at radius 1 is 1.32 bits per heavy atom. The number of carbonyl (C=O) groups excluding carboxylic acids is 2. The molecule has 2 aromatic rings. The molecule has 1 aliphatic heterocycles. The summed E-state index contributed by atoms with van der Waals surface area (Å²) >= 11 is -0.572. The molecular formula is C18H17FN4O4S. The summed E-state index contributed by atoms with van der Waals surface area (Å²) < 4.78 is 12.1. The third-order valence-electron chi connectivity index (χ3n) is 4.43. The van der Waals surface area contributed by atoms with Gasteiger partial charge in [0.15, 0.2) is 0 Å². The number of aromatic nitrogens is 2. The van der Waals surface area contributed by atoms with Crippen LogP contribution in [0.3, 0.4) is 0 Å². The Hall–Kier alpha value is -3.01. The Morgan fingerprint density at radius 2 is 2.14 bits per heavy atom. The number of aliphatic carboxylic acids is 1. The van der Waals surface area contributed by atoms with Gasteiger partial charge in [-0.05, 0) is 36.6 Å². The van der Waals surface area contributed by atoms with Crippen LogP contribution >= 0.6 is 12.1 Å². The maximum atomic E-state index is 12.1. The first-order valence-corrected chi connectivity index (χ1v) is 9.23. The maximum absolute atomic E-state index is 12.1. The minimum absolute atomic E-state index is 0.368. The highest BCUT2D eigenvalue weighted by molar-refractivity contribution is 8.09. The second-order valence-electron chi connectivity index (χ2n) is 6.28. The number of nitrogens with zero attached hydrogens (tertiary/aromatic N) is 3. The molecule has 3 rings (SSSR count). The van der Waals surface area contributed by atoms with E-state index in [9.17, 15) is 23.4 Å². The minimum atomic E-state index is -1.08. The highest BCUT2D eigenvalue weighted by Crippen LogP contribution is 2.28. The number of hydrogen-bond acceptors (Lipinski definition) is 7. The van der Waals surface area contributed by atoms with Crippen LogP contribution in [0.25, 0.3) is 17.0 Å². The van der Waals surface area contributed by atoms with Crippen molar-refractivity contribution in [1.29, 1.82) is 0 Å². The van der Waals surface area contributed by atoms with Gasteiger partial charge in [-0.1, -0.05) is 6.07 Å². The molecular weight excluding hydrogens is 387 g/mol. The van der Waals surface area contributed by atoms with Crippen molar-refractivity contribution in [3.63, 3.8) is 0 Å². The minimum Gasteiger partial charge on any atom is -0.481 e. The van der Waals surface area contributed by atoms with Gasteiger partial charge in [0.1, 0.15) is 24.3 Å². The van der Waals surface area contributed by atoms with E-state index >= 15 is 0 Å². The van der Waals surface area contributed by atoms with Crippen molar-refractivity contribution >= 4 is 52.1 Å². The van der Waals surface area contributed by atoms with E-state index in [2.05, 4.69) is 9.97 Å². The Labute approximate surface area is 164 Å². The number of carboxylic acids is 1. The third kappa shape index (κ3) is 4.63. The number of anilines is 1.